The molecule has 6 fully saturated rings. The third-order valence-electron chi connectivity index (χ3n) is 18.0. The Morgan fingerprint density at radius 3 is 2.28 bits per heavy atom. The Balaban J connectivity index is 0.951. The number of nitrogens with one attached hydrogen (secondary N) is 2. The molecular weight excluding hydrogens is 1370 g/mol. The third kappa shape index (κ3) is 14.5. The van der Waals surface area contributed by atoms with Crippen molar-refractivity contribution in [3.8, 4) is 40.9 Å². The van der Waals surface area contributed by atoms with E-state index >= 15 is 0 Å². The topological polar surface area (TPSA) is 324 Å². The zero-order chi connectivity index (χ0) is 66.7. The number of aliphatic hydroxyl groups excluding tert-OH is 4. The van der Waals surface area contributed by atoms with Gasteiger partial charge >= 0.3 is 5.97 Å². The molecule has 3 aliphatic carbocycles. The van der Waals surface area contributed by atoms with Crippen molar-refractivity contribution in [2.45, 2.75) is 194 Å². The van der Waals surface area contributed by atoms with E-state index in [-0.39, 0.29) is 90.1 Å². The quantitative estimate of drug-likeness (QED) is 0.0177. The van der Waals surface area contributed by atoms with Gasteiger partial charge in [-0.3, -0.25) is 14.4 Å². The number of thioether (sulfide) groups is 1. The molecule has 0 amide bonds. The molecule has 92 heavy (non-hydrogen) atoms. The van der Waals surface area contributed by atoms with Crippen LogP contribution in [0.3, 0.4) is 0 Å². The Morgan fingerprint density at radius 2 is 1.61 bits per heavy atom. The van der Waals surface area contributed by atoms with E-state index in [4.69, 9.17) is 56.9 Å². The molecule has 7 aliphatic rings. The molecule has 9 rings (SSSR count). The molecule has 2 saturated carbocycles. The zero-order valence-corrected chi connectivity index (χ0v) is 57.4. The van der Waals surface area contributed by atoms with Gasteiger partial charge in [0.15, 0.2) is 30.4 Å². The lowest BCUT2D eigenvalue weighted by Gasteiger charge is -2.60. The summed E-state index contributed by atoms with van der Waals surface area (Å²) < 4.78 is 68.3. The molecule has 2 aromatic rings. The molecule has 2 aromatic carbocycles. The maximum atomic E-state index is 14.5. The van der Waals surface area contributed by atoms with Gasteiger partial charge in [0.25, 0.3) is 0 Å². The predicted molar refractivity (Wildman–Crippen MR) is 345 cm³/mol. The summed E-state index contributed by atoms with van der Waals surface area (Å²) >= 11 is 2.83. The number of carbonyl (C=O) groups excluding carboxylic acids is 3. The fourth-order valence-corrected chi connectivity index (χ4v) is 17.2. The first-order valence-electron chi connectivity index (χ1n) is 30.3. The highest BCUT2D eigenvalue weighted by molar-refractivity contribution is 14.1. The van der Waals surface area contributed by atoms with Crippen molar-refractivity contribution in [2.24, 2.45) is 17.3 Å². The van der Waals surface area contributed by atoms with Crippen LogP contribution in [-0.4, -0.2) is 216 Å². The first-order chi connectivity index (χ1) is 43.9. The first kappa shape index (κ1) is 72.3. The number of methoxy groups -OCH3 is 4. The second-order valence-electron chi connectivity index (χ2n) is 23.7. The van der Waals surface area contributed by atoms with Crippen molar-refractivity contribution in [2.75, 3.05) is 47.3 Å². The number of aliphatic hydroxyl groups is 5. The van der Waals surface area contributed by atoms with Crippen molar-refractivity contribution in [3.63, 3.8) is 0 Å². The van der Waals surface area contributed by atoms with Crippen LogP contribution < -0.4 is 25.0 Å². The van der Waals surface area contributed by atoms with Crippen molar-refractivity contribution in [1.82, 2.24) is 10.8 Å². The largest absolute Gasteiger partial charge is 0.492 e. The average Bonchev–Trinajstić information content (AvgIpc) is 1.43. The van der Waals surface area contributed by atoms with Crippen LogP contribution in [0.15, 0.2) is 52.5 Å². The average molecular weight is 1450 g/mol. The number of hydrogen-bond donors (Lipinski definition) is 8. The Labute approximate surface area is 560 Å². The minimum Gasteiger partial charge on any atom is -0.492 e. The van der Waals surface area contributed by atoms with Gasteiger partial charge in [0.1, 0.15) is 53.8 Å². The number of carboxylic acids is 1. The summed E-state index contributed by atoms with van der Waals surface area (Å²) in [5, 5.41) is 71.1. The number of ketones is 2. The Kier molecular flexibility index (Phi) is 24.4. The summed E-state index contributed by atoms with van der Waals surface area (Å²) in [4.78, 5) is 60.6. The van der Waals surface area contributed by atoms with Gasteiger partial charge in [-0.1, -0.05) is 82.2 Å². The number of ether oxygens (including phenoxy) is 11. The molecule has 3 unspecified atom stereocenters. The molecule has 4 heterocycles. The number of benzene rings is 2. The number of carboxylic acid groups (broad SMARTS) is 1. The number of halogens is 1. The van der Waals surface area contributed by atoms with Crippen molar-refractivity contribution >= 4 is 78.6 Å². The number of carbonyl (C=O) groups is 4. The second kappa shape index (κ2) is 31.1. The Hall–Kier alpha value is -3.94. The van der Waals surface area contributed by atoms with Gasteiger partial charge in [0, 0.05) is 68.0 Å². The maximum Gasteiger partial charge on any atom is 0.336 e. The van der Waals surface area contributed by atoms with Crippen LogP contribution >= 0.6 is 55.9 Å². The minimum absolute atomic E-state index is 0.0233. The standard InChI is InChI=1S/C64H81IN2O22S3/c1-12-66-38-28-82-44(26-42(38)78-8)87-56-51(72)49(67-89-45-25-39(69)58(34(7)83-45)91-60(76)46-31(4)48(65)54(57(81-11)53(46)79-9)88-61-52(73)55(80-10)50(71)33(6)85-61)32(5)84-62(56)86-41-18-15-16-29(2)20-22-63-37(24-30(3)68)40(70)27-64(63,77)36(47(41)63)21-23-90-92-43-19-14-13-17-35(43)59(74)75/h13-14,16-17,19,21,32-34,37-39,41-42,44-45,47,49-52,55-56,58,61-62,66-67,69,71-73,77H,12,23-28H2,1-11H3,(H,74,75)/b29-16-,36-21+/t32-,33+,34-,37?,38+,39+,41+,42+,44+,45+,47?,49-,50+,51+,52-,55-,56-,58-,61+,62+,63?,64+/m1/s1. The summed E-state index contributed by atoms with van der Waals surface area (Å²) in [6, 6.07) is 5.31. The number of Topliss-reactive ketones (excluding diaryl/α,β-unsaturated/α-hetero) is 2. The number of hydroxylamine groups is 1. The van der Waals surface area contributed by atoms with Crippen LogP contribution in [0.5, 0.6) is 17.2 Å². The van der Waals surface area contributed by atoms with E-state index in [1.54, 1.807) is 72.1 Å². The predicted octanol–water partition coefficient (Wildman–Crippen LogP) is 4.67. The van der Waals surface area contributed by atoms with E-state index in [0.717, 1.165) is 11.8 Å². The van der Waals surface area contributed by atoms with E-state index in [0.29, 0.717) is 31.7 Å². The molecule has 8 N–H and O–H groups in total. The van der Waals surface area contributed by atoms with Gasteiger partial charge in [0.2, 0.25) is 17.2 Å². The molecular formula is C64H81IN2O22S3. The molecule has 24 nitrogen and oxygen atoms in total. The van der Waals surface area contributed by atoms with E-state index in [1.165, 1.54) is 55.9 Å². The van der Waals surface area contributed by atoms with E-state index in [2.05, 4.69) is 34.5 Å². The van der Waals surface area contributed by atoms with Crippen LogP contribution in [0.4, 0.5) is 0 Å². The second-order valence-corrected chi connectivity index (χ2v) is 28.3. The van der Waals surface area contributed by atoms with Gasteiger partial charge in [-0.25, -0.2) is 4.79 Å². The van der Waals surface area contributed by atoms with Gasteiger partial charge in [-0.2, -0.15) is 5.48 Å². The SMILES string of the molecule is CCN[C@H]1CO[C@@H](O[C@H]2[C@H](O[C@H]3C#C/C=C(/C)C#CC45C(CC(C)=O)C(=O)C[C@]4(O)/C(=C/CSSc4ccccc4C(=O)O)C35)O[C@H](C)[C@@H](NO[C@H]3C[C@H](O)[C@H](SC(=O)c4c(C)c(I)c(O[C@@H]5O[C@@H](C)[C@H](O)[C@@H](OC)[C@H]5O)c(OC)c4OC)[C@@H](C)O3)[C@@H]2O)C[C@@H]1OC. The van der Waals surface area contributed by atoms with Gasteiger partial charge in [-0.15, -0.1) is 0 Å². The number of likely N-dealkylation sites (N-methyl/N-ethyl adjacent to an activating group) is 1. The normalized spacial score (nSPS) is 37.7. The summed E-state index contributed by atoms with van der Waals surface area (Å²) in [6.07, 6.45) is -13.8. The number of aromatic carboxylic acids is 1. The fourth-order valence-electron chi connectivity index (χ4n) is 13.3. The molecule has 4 saturated heterocycles. The van der Waals surface area contributed by atoms with E-state index in [9.17, 15) is 49.8 Å². The third-order valence-corrected chi connectivity index (χ3v) is 22.9. The monoisotopic (exact) mass is 1450 g/mol. The number of rotatable bonds is 24. The molecule has 504 valence electrons. The van der Waals surface area contributed by atoms with E-state index in [1.807, 2.05) is 29.5 Å². The zero-order valence-electron chi connectivity index (χ0n) is 52.8. The van der Waals surface area contributed by atoms with Crippen molar-refractivity contribution < 1.29 is 107 Å². The van der Waals surface area contributed by atoms with Gasteiger partial charge < -0.3 is 92.9 Å². The molecule has 0 bridgehead atoms. The molecule has 22 atom stereocenters. The van der Waals surface area contributed by atoms with Crippen LogP contribution in [0.25, 0.3) is 0 Å². The number of hydrogen-bond acceptors (Lipinski definition) is 26. The van der Waals surface area contributed by atoms with Crippen LogP contribution in [-0.2, 0) is 52.3 Å². The van der Waals surface area contributed by atoms with E-state index < -0.39 is 131 Å². The lowest BCUT2D eigenvalue weighted by atomic mass is 9.44. The minimum atomic E-state index is -1.86. The molecule has 4 aliphatic heterocycles. The number of allylic oxidation sites excluding steroid dienone is 2. The van der Waals surface area contributed by atoms with Crippen LogP contribution in [0.1, 0.15) is 93.5 Å². The van der Waals surface area contributed by atoms with Crippen LogP contribution in [0, 0.1) is 51.4 Å². The highest BCUT2D eigenvalue weighted by atomic mass is 127. The lowest BCUT2D eigenvalue weighted by Crippen LogP contribution is -2.69. The molecule has 0 radical (unpaired) electrons. The molecule has 0 aromatic heterocycles. The van der Waals surface area contributed by atoms with Crippen molar-refractivity contribution in [3.05, 3.63) is 67.8 Å². The van der Waals surface area contributed by atoms with Crippen LogP contribution in [0.2, 0.25) is 0 Å². The summed E-state index contributed by atoms with van der Waals surface area (Å²) in [6.45, 7) is 12.6. The molecule has 28 heteroatoms. The Bertz CT molecular complexity index is 3230. The fraction of sp³-hybridized carbons (Fsp3) is 0.625. The summed E-state index contributed by atoms with van der Waals surface area (Å²) in [5.74, 6) is 9.34. The van der Waals surface area contributed by atoms with Gasteiger partial charge in [0.05, 0.1) is 88.8 Å². The molecule has 1 spiro atoms. The van der Waals surface area contributed by atoms with Gasteiger partial charge in [-0.05, 0) is 100 Å². The smallest absolute Gasteiger partial charge is 0.336 e. The highest BCUT2D eigenvalue weighted by Crippen LogP contribution is 2.70. The lowest BCUT2D eigenvalue weighted by molar-refractivity contribution is -0.342. The maximum absolute atomic E-state index is 14.5. The Morgan fingerprint density at radius 1 is 0.880 bits per heavy atom. The summed E-state index contributed by atoms with van der Waals surface area (Å²) in [7, 11) is 8.21. The van der Waals surface area contributed by atoms with Crippen molar-refractivity contribution in [1.29, 1.82) is 0 Å². The summed E-state index contributed by atoms with van der Waals surface area (Å²) in [5.41, 5.74) is 1.08. The highest BCUT2D eigenvalue weighted by Gasteiger charge is 2.78. The first-order valence-corrected chi connectivity index (χ1v) is 34.6.